The van der Waals surface area contributed by atoms with Gasteiger partial charge in [0.15, 0.2) is 0 Å². The fourth-order valence-electron chi connectivity index (χ4n) is 1.22. The van der Waals surface area contributed by atoms with Gasteiger partial charge in [0.25, 0.3) is 0 Å². The molecule has 0 fully saturated rings. The number of hydrogen-bond donors (Lipinski definition) is 2. The molecule has 0 aromatic carbocycles. The van der Waals surface area contributed by atoms with Gasteiger partial charge in [0.05, 0.1) is 7.11 Å². The van der Waals surface area contributed by atoms with Crippen molar-refractivity contribution in [3.8, 4) is 0 Å². The highest BCUT2D eigenvalue weighted by molar-refractivity contribution is 8.00. The predicted octanol–water partition coefficient (Wildman–Crippen LogP) is -0.0260. The van der Waals surface area contributed by atoms with Gasteiger partial charge in [-0.3, -0.25) is 14.4 Å². The quantitative estimate of drug-likeness (QED) is 0.463. The maximum Gasteiger partial charge on any atom is 0.375 e. The van der Waals surface area contributed by atoms with E-state index in [4.69, 9.17) is 15.6 Å². The number of carboxylic acid groups (broad SMARTS) is 1. The number of carbonyl (C=O) groups is 4. The van der Waals surface area contributed by atoms with Crippen molar-refractivity contribution in [2.45, 2.75) is 44.1 Å². The van der Waals surface area contributed by atoms with Gasteiger partial charge in [-0.05, 0) is 20.8 Å². The van der Waals surface area contributed by atoms with Crippen LogP contribution in [0.3, 0.4) is 0 Å². The van der Waals surface area contributed by atoms with Crippen molar-refractivity contribution in [1.29, 1.82) is 0 Å². The molecule has 3 N–H and O–H groups in total. The van der Waals surface area contributed by atoms with Crippen LogP contribution in [0.5, 0.6) is 0 Å². The van der Waals surface area contributed by atoms with Gasteiger partial charge < -0.3 is 20.3 Å². The Bertz CT molecular complexity index is 444. The Balaban J connectivity index is 4.72. The summed E-state index contributed by atoms with van der Waals surface area (Å²) < 4.78 is 9.44. The number of aliphatic carboxylic acids is 1. The Morgan fingerprint density at radius 2 is 1.77 bits per heavy atom. The highest BCUT2D eigenvalue weighted by Crippen LogP contribution is 2.19. The monoisotopic (exact) mass is 335 g/mol. The predicted molar refractivity (Wildman–Crippen MR) is 79.3 cm³/mol. The van der Waals surface area contributed by atoms with E-state index in [-0.39, 0.29) is 5.75 Å². The Morgan fingerprint density at radius 1 is 1.23 bits per heavy atom. The molecule has 0 saturated heterocycles. The summed E-state index contributed by atoms with van der Waals surface area (Å²) in [5, 5.41) is 7.67. The Hall–Kier alpha value is -1.61. The number of methoxy groups -OCH3 is 1. The minimum atomic E-state index is -1.23. The fraction of sp³-hybridized carbons (Fsp3) is 0.692. The Morgan fingerprint density at radius 3 is 2.18 bits per heavy atom. The van der Waals surface area contributed by atoms with Crippen molar-refractivity contribution >= 4 is 35.5 Å². The van der Waals surface area contributed by atoms with E-state index in [0.717, 1.165) is 18.9 Å². The van der Waals surface area contributed by atoms with Gasteiger partial charge in [0, 0.05) is 12.2 Å². The van der Waals surface area contributed by atoms with Crippen molar-refractivity contribution < 1.29 is 33.8 Å². The van der Waals surface area contributed by atoms with Gasteiger partial charge in [-0.2, -0.15) is 0 Å². The molecular formula is C13H21NO7S. The molecule has 0 aliphatic rings. The molecule has 0 radical (unpaired) electrons. The first-order valence-electron chi connectivity index (χ1n) is 6.42. The molecule has 0 bridgehead atoms. The molecule has 8 nitrogen and oxygen atoms in total. The number of nitrogens with two attached hydrogens (primary N) is 1. The molecule has 9 heteroatoms. The van der Waals surface area contributed by atoms with Gasteiger partial charge in [0.1, 0.15) is 16.9 Å². The second-order valence-electron chi connectivity index (χ2n) is 5.42. The first-order valence-corrected chi connectivity index (χ1v) is 7.46. The number of ketones is 1. The topological polar surface area (TPSA) is 133 Å². The molecule has 0 aromatic rings. The number of Topliss-reactive ketones (excluding diaryl/α,β-unsaturated/α-hetero) is 1. The number of thioether (sulfide) groups is 1. The van der Waals surface area contributed by atoms with Crippen molar-refractivity contribution in [3.63, 3.8) is 0 Å². The minimum absolute atomic E-state index is 0.100. The summed E-state index contributed by atoms with van der Waals surface area (Å²) in [4.78, 5) is 45.6. The maximum absolute atomic E-state index is 11.8. The minimum Gasteiger partial charge on any atom is -0.480 e. The molecule has 126 valence electrons. The standard InChI is InChI=1S/C13H21NO7S/c1-13(2,3)21-11(18)8(15)5-9(12(19)20-4)22-6-7(14)10(16)17/h7,9H,5-6,14H2,1-4H3,(H,16,17)/t7-,9?/m0/s1. The lowest BCUT2D eigenvalue weighted by Gasteiger charge is -2.20. The van der Waals surface area contributed by atoms with Crippen molar-refractivity contribution in [2.75, 3.05) is 12.9 Å². The zero-order valence-electron chi connectivity index (χ0n) is 13.0. The zero-order chi connectivity index (χ0) is 17.5. The van der Waals surface area contributed by atoms with Crippen LogP contribution in [0.1, 0.15) is 27.2 Å². The van der Waals surface area contributed by atoms with E-state index in [2.05, 4.69) is 4.74 Å². The number of carbonyl (C=O) groups excluding carboxylic acids is 3. The molecule has 1 unspecified atom stereocenters. The van der Waals surface area contributed by atoms with Crippen molar-refractivity contribution in [3.05, 3.63) is 0 Å². The number of rotatable bonds is 8. The molecule has 0 saturated carbocycles. The molecule has 0 spiro atoms. The average Bonchev–Trinajstić information content (AvgIpc) is 2.39. The molecule has 0 aromatic heterocycles. The molecule has 0 aliphatic carbocycles. The summed E-state index contributed by atoms with van der Waals surface area (Å²) in [6.07, 6.45) is -0.446. The van der Waals surface area contributed by atoms with Crippen LogP contribution in [-0.2, 0) is 28.7 Å². The molecule has 0 amide bonds. The summed E-state index contributed by atoms with van der Waals surface area (Å²) in [5.74, 6) is -4.00. The summed E-state index contributed by atoms with van der Waals surface area (Å²) in [6.45, 7) is 4.82. The van der Waals surface area contributed by atoms with E-state index in [9.17, 15) is 19.2 Å². The highest BCUT2D eigenvalue weighted by Gasteiger charge is 2.30. The van der Waals surface area contributed by atoms with E-state index in [0.29, 0.717) is 0 Å². The van der Waals surface area contributed by atoms with Crippen LogP contribution < -0.4 is 5.73 Å². The van der Waals surface area contributed by atoms with Crippen LogP contribution >= 0.6 is 11.8 Å². The first kappa shape index (κ1) is 20.4. The summed E-state index contributed by atoms with van der Waals surface area (Å²) in [5.41, 5.74) is 4.50. The Labute approximate surface area is 132 Å². The third kappa shape index (κ3) is 7.99. The summed E-state index contributed by atoms with van der Waals surface area (Å²) in [6, 6.07) is -1.19. The van der Waals surface area contributed by atoms with Gasteiger partial charge in [-0.15, -0.1) is 11.8 Å². The Kier molecular flexibility index (Phi) is 8.10. The van der Waals surface area contributed by atoms with Crippen LogP contribution in [-0.4, -0.2) is 58.6 Å². The highest BCUT2D eigenvalue weighted by atomic mass is 32.2. The smallest absolute Gasteiger partial charge is 0.375 e. The normalized spacial score (nSPS) is 13.9. The van der Waals surface area contributed by atoms with E-state index in [1.807, 2.05) is 0 Å². The summed E-state index contributed by atoms with van der Waals surface area (Å²) in [7, 11) is 1.13. The molecule has 2 atom stereocenters. The number of esters is 2. The SMILES string of the molecule is COC(=O)C(CC(=O)C(=O)OC(C)(C)C)SC[C@H](N)C(=O)O. The second kappa shape index (κ2) is 8.74. The van der Waals surface area contributed by atoms with E-state index >= 15 is 0 Å². The van der Waals surface area contributed by atoms with Crippen molar-refractivity contribution in [2.24, 2.45) is 5.73 Å². The van der Waals surface area contributed by atoms with E-state index in [1.54, 1.807) is 20.8 Å². The van der Waals surface area contributed by atoms with Gasteiger partial charge >= 0.3 is 17.9 Å². The number of carboxylic acids is 1. The largest absolute Gasteiger partial charge is 0.480 e. The van der Waals surface area contributed by atoms with E-state index in [1.165, 1.54) is 0 Å². The summed E-state index contributed by atoms with van der Waals surface area (Å²) >= 11 is 0.845. The zero-order valence-corrected chi connectivity index (χ0v) is 13.8. The van der Waals surface area contributed by atoms with Crippen LogP contribution in [0.4, 0.5) is 0 Å². The van der Waals surface area contributed by atoms with Crippen LogP contribution in [0, 0.1) is 0 Å². The average molecular weight is 335 g/mol. The van der Waals surface area contributed by atoms with Crippen LogP contribution in [0.2, 0.25) is 0 Å². The number of ether oxygens (including phenoxy) is 2. The molecule has 0 aliphatic heterocycles. The van der Waals surface area contributed by atoms with Gasteiger partial charge in [-0.25, -0.2) is 4.79 Å². The van der Waals surface area contributed by atoms with Crippen LogP contribution in [0.25, 0.3) is 0 Å². The van der Waals surface area contributed by atoms with Crippen LogP contribution in [0.15, 0.2) is 0 Å². The third-order valence-electron chi connectivity index (χ3n) is 2.26. The fourth-order valence-corrected chi connectivity index (χ4v) is 2.30. The first-order chi connectivity index (χ1) is 9.97. The second-order valence-corrected chi connectivity index (χ2v) is 6.65. The molecular weight excluding hydrogens is 314 g/mol. The lowest BCUT2D eigenvalue weighted by atomic mass is 10.1. The molecule has 22 heavy (non-hydrogen) atoms. The van der Waals surface area contributed by atoms with Crippen molar-refractivity contribution in [1.82, 2.24) is 0 Å². The van der Waals surface area contributed by atoms with Gasteiger partial charge in [0.2, 0.25) is 5.78 Å². The maximum atomic E-state index is 11.8. The molecule has 0 rings (SSSR count). The molecule has 0 heterocycles. The lowest BCUT2D eigenvalue weighted by Crippen LogP contribution is -2.36. The van der Waals surface area contributed by atoms with E-state index < -0.39 is 47.0 Å². The van der Waals surface area contributed by atoms with Gasteiger partial charge in [-0.1, -0.05) is 0 Å². The lowest BCUT2D eigenvalue weighted by molar-refractivity contribution is -0.162. The number of hydrogen-bond acceptors (Lipinski definition) is 8. The third-order valence-corrected chi connectivity index (χ3v) is 3.57.